The van der Waals surface area contributed by atoms with Crippen molar-refractivity contribution in [3.05, 3.63) is 22.4 Å². The number of rotatable bonds is 5. The number of hydrogen-bond donors (Lipinski definition) is 1. The van der Waals surface area contributed by atoms with Crippen molar-refractivity contribution in [2.24, 2.45) is 5.92 Å². The van der Waals surface area contributed by atoms with E-state index >= 15 is 0 Å². The second-order valence-corrected chi connectivity index (χ2v) is 5.90. The lowest BCUT2D eigenvalue weighted by Gasteiger charge is -2.22. The maximum atomic E-state index is 3.65. The molecule has 90 valence electrons. The molecule has 0 spiro atoms. The Hall–Kier alpha value is -0.340. The third-order valence-corrected chi connectivity index (χ3v) is 4.42. The van der Waals surface area contributed by atoms with Gasteiger partial charge in [-0.15, -0.1) is 0 Å². The molecule has 0 bridgehead atoms. The van der Waals surface area contributed by atoms with Gasteiger partial charge in [0.25, 0.3) is 0 Å². The van der Waals surface area contributed by atoms with Gasteiger partial charge in [0, 0.05) is 6.54 Å². The second kappa shape index (κ2) is 6.41. The zero-order valence-corrected chi connectivity index (χ0v) is 11.1. The summed E-state index contributed by atoms with van der Waals surface area (Å²) in [5, 5.41) is 8.09. The third kappa shape index (κ3) is 3.60. The second-order valence-electron chi connectivity index (χ2n) is 5.12. The lowest BCUT2D eigenvalue weighted by molar-refractivity contribution is 0.340. The third-order valence-electron chi connectivity index (χ3n) is 3.72. The van der Waals surface area contributed by atoms with Gasteiger partial charge in [-0.25, -0.2) is 0 Å². The molecule has 1 N–H and O–H groups in total. The van der Waals surface area contributed by atoms with Gasteiger partial charge in [0.1, 0.15) is 0 Å². The molecule has 0 amide bonds. The first-order chi connectivity index (χ1) is 7.86. The summed E-state index contributed by atoms with van der Waals surface area (Å²) < 4.78 is 0. The summed E-state index contributed by atoms with van der Waals surface area (Å²) in [4.78, 5) is 0. The molecule has 1 aliphatic rings. The first-order valence-electron chi connectivity index (χ1n) is 6.59. The van der Waals surface area contributed by atoms with Crippen molar-refractivity contribution in [3.63, 3.8) is 0 Å². The van der Waals surface area contributed by atoms with Crippen LogP contribution in [0.3, 0.4) is 0 Å². The first kappa shape index (κ1) is 12.1. The minimum Gasteiger partial charge on any atom is -0.316 e. The SMILES string of the molecule is CC(CNCC1CCCCC1)c1ccsc1. The van der Waals surface area contributed by atoms with E-state index in [0.29, 0.717) is 5.92 Å². The van der Waals surface area contributed by atoms with E-state index in [-0.39, 0.29) is 0 Å². The standard InChI is InChI=1S/C14H23NS/c1-12(14-7-8-16-11-14)9-15-10-13-5-3-2-4-6-13/h7-8,11-13,15H,2-6,9-10H2,1H3. The van der Waals surface area contributed by atoms with Crippen LogP contribution in [0, 0.1) is 5.92 Å². The van der Waals surface area contributed by atoms with Crippen molar-refractivity contribution in [2.75, 3.05) is 13.1 Å². The van der Waals surface area contributed by atoms with E-state index in [4.69, 9.17) is 0 Å². The number of nitrogens with one attached hydrogen (secondary N) is 1. The maximum Gasteiger partial charge on any atom is 0.00179 e. The van der Waals surface area contributed by atoms with Crippen LogP contribution in [0.2, 0.25) is 0 Å². The molecule has 0 saturated heterocycles. The molecule has 1 atom stereocenters. The molecule has 2 heteroatoms. The maximum absolute atomic E-state index is 3.65. The quantitative estimate of drug-likeness (QED) is 0.815. The Morgan fingerprint density at radius 3 is 2.88 bits per heavy atom. The topological polar surface area (TPSA) is 12.0 Å². The molecule has 2 rings (SSSR count). The summed E-state index contributed by atoms with van der Waals surface area (Å²) in [6.45, 7) is 4.68. The Morgan fingerprint density at radius 2 is 2.19 bits per heavy atom. The van der Waals surface area contributed by atoms with Gasteiger partial charge in [0.05, 0.1) is 0 Å². The Labute approximate surface area is 103 Å². The molecule has 1 aromatic heterocycles. The fraction of sp³-hybridized carbons (Fsp3) is 0.714. The van der Waals surface area contributed by atoms with Gasteiger partial charge in [-0.1, -0.05) is 26.2 Å². The van der Waals surface area contributed by atoms with Crippen LogP contribution in [-0.2, 0) is 0 Å². The van der Waals surface area contributed by atoms with E-state index in [1.807, 2.05) is 0 Å². The molecule has 1 heterocycles. The molecule has 1 unspecified atom stereocenters. The molecule has 0 aliphatic heterocycles. The van der Waals surface area contributed by atoms with Gasteiger partial charge >= 0.3 is 0 Å². The summed E-state index contributed by atoms with van der Waals surface area (Å²) in [6, 6.07) is 2.25. The summed E-state index contributed by atoms with van der Waals surface area (Å²) in [5.74, 6) is 1.61. The van der Waals surface area contributed by atoms with Gasteiger partial charge in [0.15, 0.2) is 0 Å². The molecule has 1 saturated carbocycles. The van der Waals surface area contributed by atoms with Crippen molar-refractivity contribution < 1.29 is 0 Å². The molecular formula is C14H23NS. The highest BCUT2D eigenvalue weighted by Gasteiger charge is 2.13. The smallest absolute Gasteiger partial charge is 0.00179 e. The monoisotopic (exact) mass is 237 g/mol. The highest BCUT2D eigenvalue weighted by atomic mass is 32.1. The summed E-state index contributed by atoms with van der Waals surface area (Å²) in [7, 11) is 0. The van der Waals surface area contributed by atoms with Crippen LogP contribution in [0.5, 0.6) is 0 Å². The predicted molar refractivity (Wildman–Crippen MR) is 72.2 cm³/mol. The van der Waals surface area contributed by atoms with Gasteiger partial charge in [-0.3, -0.25) is 0 Å². The lowest BCUT2D eigenvalue weighted by Crippen LogP contribution is -2.27. The average Bonchev–Trinajstić information content (AvgIpc) is 2.84. The Bertz CT molecular complexity index is 275. The van der Waals surface area contributed by atoms with Crippen LogP contribution in [-0.4, -0.2) is 13.1 Å². The van der Waals surface area contributed by atoms with Crippen molar-refractivity contribution in [3.8, 4) is 0 Å². The van der Waals surface area contributed by atoms with E-state index in [9.17, 15) is 0 Å². The van der Waals surface area contributed by atoms with Gasteiger partial charge < -0.3 is 5.32 Å². The zero-order chi connectivity index (χ0) is 11.2. The summed E-state index contributed by atoms with van der Waals surface area (Å²) in [6.07, 6.45) is 7.25. The molecular weight excluding hydrogens is 214 g/mol. The van der Waals surface area contributed by atoms with Crippen molar-refractivity contribution in [1.29, 1.82) is 0 Å². The normalized spacial score (nSPS) is 19.8. The van der Waals surface area contributed by atoms with Gasteiger partial charge in [-0.05, 0) is 53.6 Å². The first-order valence-corrected chi connectivity index (χ1v) is 7.53. The van der Waals surface area contributed by atoms with E-state index in [0.717, 1.165) is 12.5 Å². The van der Waals surface area contributed by atoms with Crippen molar-refractivity contribution in [2.45, 2.75) is 44.9 Å². The summed E-state index contributed by atoms with van der Waals surface area (Å²) >= 11 is 1.80. The van der Waals surface area contributed by atoms with Crippen LogP contribution in [0.1, 0.15) is 50.5 Å². The zero-order valence-electron chi connectivity index (χ0n) is 10.2. The van der Waals surface area contributed by atoms with Gasteiger partial charge in [0.2, 0.25) is 0 Å². The molecule has 1 nitrogen and oxygen atoms in total. The highest BCUT2D eigenvalue weighted by molar-refractivity contribution is 7.07. The van der Waals surface area contributed by atoms with E-state index in [2.05, 4.69) is 29.1 Å². The largest absolute Gasteiger partial charge is 0.316 e. The van der Waals surface area contributed by atoms with Crippen LogP contribution >= 0.6 is 11.3 Å². The molecule has 1 aliphatic carbocycles. The van der Waals surface area contributed by atoms with Crippen LogP contribution in [0.25, 0.3) is 0 Å². The van der Waals surface area contributed by atoms with Gasteiger partial charge in [-0.2, -0.15) is 11.3 Å². The highest BCUT2D eigenvalue weighted by Crippen LogP contribution is 2.23. The predicted octanol–water partition coefficient (Wildman–Crippen LogP) is 4.02. The van der Waals surface area contributed by atoms with E-state index in [1.165, 1.54) is 44.2 Å². The van der Waals surface area contributed by atoms with E-state index in [1.54, 1.807) is 11.3 Å². The minimum atomic E-state index is 0.662. The molecule has 16 heavy (non-hydrogen) atoms. The van der Waals surface area contributed by atoms with E-state index < -0.39 is 0 Å². The average molecular weight is 237 g/mol. The van der Waals surface area contributed by atoms with Crippen LogP contribution < -0.4 is 5.32 Å². The lowest BCUT2D eigenvalue weighted by atomic mass is 9.89. The Kier molecular flexibility index (Phi) is 4.86. The summed E-state index contributed by atoms with van der Waals surface area (Å²) in [5.41, 5.74) is 1.49. The molecule has 1 fully saturated rings. The van der Waals surface area contributed by atoms with Crippen LogP contribution in [0.15, 0.2) is 16.8 Å². The molecule has 0 aromatic carbocycles. The van der Waals surface area contributed by atoms with Crippen LogP contribution in [0.4, 0.5) is 0 Å². The molecule has 1 aromatic rings. The fourth-order valence-corrected chi connectivity index (χ4v) is 3.35. The number of thiophene rings is 1. The minimum absolute atomic E-state index is 0.662. The fourth-order valence-electron chi connectivity index (χ4n) is 2.57. The Morgan fingerprint density at radius 1 is 1.38 bits per heavy atom. The van der Waals surface area contributed by atoms with Crippen molar-refractivity contribution >= 4 is 11.3 Å². The number of hydrogen-bond acceptors (Lipinski definition) is 2. The molecule has 0 radical (unpaired) electrons. The van der Waals surface area contributed by atoms with Crippen molar-refractivity contribution in [1.82, 2.24) is 5.32 Å². The Balaban J connectivity index is 1.63.